The maximum atomic E-state index is 12.2. The highest BCUT2D eigenvalue weighted by molar-refractivity contribution is 6.30. The van der Waals surface area contributed by atoms with Crippen molar-refractivity contribution in [3.8, 4) is 0 Å². The predicted octanol–water partition coefficient (Wildman–Crippen LogP) is 1.88. The van der Waals surface area contributed by atoms with Gasteiger partial charge in [-0.15, -0.1) is 12.4 Å². The summed E-state index contributed by atoms with van der Waals surface area (Å²) in [4.78, 5) is 14.1. The molecule has 1 atom stereocenters. The summed E-state index contributed by atoms with van der Waals surface area (Å²) < 4.78 is 5.57. The third-order valence-electron chi connectivity index (χ3n) is 3.22. The number of morpholine rings is 1. The van der Waals surface area contributed by atoms with Gasteiger partial charge < -0.3 is 15.4 Å². The number of nitrogens with zero attached hydrogens (tertiary/aromatic N) is 1. The van der Waals surface area contributed by atoms with Crippen LogP contribution in [0.5, 0.6) is 0 Å². The molecule has 0 aliphatic carbocycles. The second-order valence-corrected chi connectivity index (χ2v) is 5.15. The fourth-order valence-electron chi connectivity index (χ4n) is 2.24. The lowest BCUT2D eigenvalue weighted by Gasteiger charge is -2.33. The molecule has 1 unspecified atom stereocenters. The van der Waals surface area contributed by atoms with E-state index in [1.54, 1.807) is 0 Å². The molecule has 1 heterocycles. The van der Waals surface area contributed by atoms with Gasteiger partial charge in [-0.05, 0) is 30.7 Å². The molecule has 4 nitrogen and oxygen atoms in total. The molecule has 0 radical (unpaired) electrons. The van der Waals surface area contributed by atoms with Gasteiger partial charge in [-0.25, -0.2) is 0 Å². The smallest absolute Gasteiger partial charge is 0.227 e. The molecule has 0 saturated carbocycles. The zero-order chi connectivity index (χ0) is 13.7. The fourth-order valence-corrected chi connectivity index (χ4v) is 2.45. The average Bonchev–Trinajstić information content (AvgIpc) is 2.39. The normalized spacial score (nSPS) is 18.5. The van der Waals surface area contributed by atoms with Crippen molar-refractivity contribution in [2.45, 2.75) is 18.9 Å². The average molecular weight is 319 g/mol. The first-order chi connectivity index (χ1) is 9.19. The zero-order valence-corrected chi connectivity index (χ0v) is 12.8. The van der Waals surface area contributed by atoms with Crippen LogP contribution in [0.2, 0.25) is 5.02 Å². The molecule has 1 aliphatic rings. The summed E-state index contributed by atoms with van der Waals surface area (Å²) in [5, 5.41) is 0.660. The van der Waals surface area contributed by atoms with Gasteiger partial charge in [0.25, 0.3) is 0 Å². The minimum absolute atomic E-state index is 0. The van der Waals surface area contributed by atoms with E-state index in [2.05, 4.69) is 0 Å². The van der Waals surface area contributed by atoms with E-state index in [-0.39, 0.29) is 24.4 Å². The Kier molecular flexibility index (Phi) is 7.30. The van der Waals surface area contributed by atoms with E-state index >= 15 is 0 Å². The first-order valence-corrected chi connectivity index (χ1v) is 6.90. The molecule has 1 aromatic rings. The molecule has 112 valence electrons. The Balaban J connectivity index is 0.00000200. The standard InChI is InChI=1S/C14H19ClN2O2.ClH/c15-12-3-1-2-11(8-12)9-14(18)17-6-7-19-13(10-17)4-5-16;/h1-3,8,13H,4-7,9-10,16H2;1H. The lowest BCUT2D eigenvalue weighted by molar-refractivity contribution is -0.138. The number of halogens is 2. The number of hydrogen-bond acceptors (Lipinski definition) is 3. The van der Waals surface area contributed by atoms with Crippen LogP contribution < -0.4 is 5.73 Å². The summed E-state index contributed by atoms with van der Waals surface area (Å²) >= 11 is 5.92. The third kappa shape index (κ3) is 4.94. The van der Waals surface area contributed by atoms with E-state index in [1.807, 2.05) is 29.2 Å². The summed E-state index contributed by atoms with van der Waals surface area (Å²) in [5.41, 5.74) is 6.47. The van der Waals surface area contributed by atoms with Crippen LogP contribution in [0.4, 0.5) is 0 Å². The van der Waals surface area contributed by atoms with Gasteiger partial charge in [-0.1, -0.05) is 23.7 Å². The van der Waals surface area contributed by atoms with Crippen LogP contribution in [0.1, 0.15) is 12.0 Å². The quantitative estimate of drug-likeness (QED) is 0.922. The number of hydrogen-bond donors (Lipinski definition) is 1. The van der Waals surface area contributed by atoms with E-state index in [0.717, 1.165) is 12.0 Å². The summed E-state index contributed by atoms with van der Waals surface area (Å²) in [5.74, 6) is 0.118. The Hall–Kier alpha value is -0.810. The lowest BCUT2D eigenvalue weighted by atomic mass is 10.1. The van der Waals surface area contributed by atoms with Crippen LogP contribution in [-0.4, -0.2) is 43.2 Å². The Morgan fingerprint density at radius 2 is 2.30 bits per heavy atom. The van der Waals surface area contributed by atoms with Crippen LogP contribution in [0.3, 0.4) is 0 Å². The zero-order valence-electron chi connectivity index (χ0n) is 11.3. The number of nitrogens with two attached hydrogens (primary N) is 1. The van der Waals surface area contributed by atoms with E-state index < -0.39 is 0 Å². The molecule has 1 aliphatic heterocycles. The molecule has 0 aromatic heterocycles. The highest BCUT2D eigenvalue weighted by Crippen LogP contribution is 2.14. The second kappa shape index (κ2) is 8.47. The summed E-state index contributed by atoms with van der Waals surface area (Å²) in [6, 6.07) is 7.42. The van der Waals surface area contributed by atoms with Crippen LogP contribution >= 0.6 is 24.0 Å². The van der Waals surface area contributed by atoms with E-state index in [1.165, 1.54) is 0 Å². The van der Waals surface area contributed by atoms with Gasteiger partial charge >= 0.3 is 0 Å². The Morgan fingerprint density at radius 1 is 1.50 bits per heavy atom. The van der Waals surface area contributed by atoms with Gasteiger partial charge in [0.05, 0.1) is 19.1 Å². The van der Waals surface area contributed by atoms with Gasteiger partial charge in [0.2, 0.25) is 5.91 Å². The lowest BCUT2D eigenvalue weighted by Crippen LogP contribution is -2.46. The minimum atomic E-state index is 0. The number of benzene rings is 1. The van der Waals surface area contributed by atoms with Crippen molar-refractivity contribution in [3.63, 3.8) is 0 Å². The van der Waals surface area contributed by atoms with Crippen molar-refractivity contribution < 1.29 is 9.53 Å². The van der Waals surface area contributed by atoms with Crippen LogP contribution in [0.15, 0.2) is 24.3 Å². The van der Waals surface area contributed by atoms with Gasteiger partial charge in [-0.3, -0.25) is 4.79 Å². The monoisotopic (exact) mass is 318 g/mol. The molecule has 0 spiro atoms. The SMILES string of the molecule is Cl.NCCC1CN(C(=O)Cc2cccc(Cl)c2)CCO1. The predicted molar refractivity (Wildman–Crippen MR) is 82.4 cm³/mol. The van der Waals surface area contributed by atoms with E-state index in [4.69, 9.17) is 22.1 Å². The minimum Gasteiger partial charge on any atom is -0.374 e. The highest BCUT2D eigenvalue weighted by atomic mass is 35.5. The third-order valence-corrected chi connectivity index (χ3v) is 3.46. The molecule has 2 N–H and O–H groups in total. The van der Waals surface area contributed by atoms with Gasteiger partial charge in [-0.2, -0.15) is 0 Å². The topological polar surface area (TPSA) is 55.6 Å². The summed E-state index contributed by atoms with van der Waals surface area (Å²) in [7, 11) is 0. The molecule has 1 saturated heterocycles. The van der Waals surface area contributed by atoms with Crippen LogP contribution in [0, 0.1) is 0 Å². The first-order valence-electron chi connectivity index (χ1n) is 6.53. The molecular weight excluding hydrogens is 299 g/mol. The van der Waals surface area contributed by atoms with Crippen LogP contribution in [0.25, 0.3) is 0 Å². The molecule has 6 heteroatoms. The van der Waals surface area contributed by atoms with Crippen molar-refractivity contribution >= 4 is 29.9 Å². The summed E-state index contributed by atoms with van der Waals surface area (Å²) in [6.07, 6.45) is 1.25. The number of ether oxygens (including phenoxy) is 1. The molecule has 1 amide bonds. The van der Waals surface area contributed by atoms with E-state index in [0.29, 0.717) is 37.7 Å². The van der Waals surface area contributed by atoms with Gasteiger partial charge in [0, 0.05) is 18.1 Å². The van der Waals surface area contributed by atoms with Crippen molar-refractivity contribution in [2.75, 3.05) is 26.2 Å². The highest BCUT2D eigenvalue weighted by Gasteiger charge is 2.23. The number of carbonyl (C=O) groups excluding carboxylic acids is 1. The van der Waals surface area contributed by atoms with Crippen molar-refractivity contribution in [1.29, 1.82) is 0 Å². The largest absolute Gasteiger partial charge is 0.374 e. The number of amides is 1. The fraction of sp³-hybridized carbons (Fsp3) is 0.500. The maximum Gasteiger partial charge on any atom is 0.227 e. The molecular formula is C14H20Cl2N2O2. The Labute approximate surface area is 130 Å². The van der Waals surface area contributed by atoms with Crippen LogP contribution in [-0.2, 0) is 16.0 Å². The molecule has 2 rings (SSSR count). The molecule has 1 fully saturated rings. The van der Waals surface area contributed by atoms with Crippen molar-refractivity contribution in [3.05, 3.63) is 34.9 Å². The summed E-state index contributed by atoms with van der Waals surface area (Å²) in [6.45, 7) is 2.46. The molecule has 1 aromatic carbocycles. The Bertz CT molecular complexity index is 441. The van der Waals surface area contributed by atoms with E-state index in [9.17, 15) is 4.79 Å². The first kappa shape index (κ1) is 17.2. The molecule has 0 bridgehead atoms. The van der Waals surface area contributed by atoms with Gasteiger partial charge in [0.1, 0.15) is 0 Å². The second-order valence-electron chi connectivity index (χ2n) is 4.72. The maximum absolute atomic E-state index is 12.2. The van der Waals surface area contributed by atoms with Crippen molar-refractivity contribution in [1.82, 2.24) is 4.90 Å². The molecule has 20 heavy (non-hydrogen) atoms. The van der Waals surface area contributed by atoms with Crippen molar-refractivity contribution in [2.24, 2.45) is 5.73 Å². The Morgan fingerprint density at radius 3 is 3.00 bits per heavy atom. The van der Waals surface area contributed by atoms with Gasteiger partial charge in [0.15, 0.2) is 0 Å². The number of carbonyl (C=O) groups is 1. The number of rotatable bonds is 4.